The van der Waals surface area contributed by atoms with E-state index in [2.05, 4.69) is 28.5 Å². The van der Waals surface area contributed by atoms with Crippen LogP contribution in [0.25, 0.3) is 22.2 Å². The SMILES string of the molecule is O=C(Nc1cccc(-c2cc3ccccc3[nH]2)c1)C1CCN(C(=O)[C@H]2CCCO2)CC1. The molecule has 2 aliphatic heterocycles. The van der Waals surface area contributed by atoms with Gasteiger partial charge in [0, 0.05) is 53.5 Å². The molecule has 2 fully saturated rings. The predicted octanol–water partition coefficient (Wildman–Crippen LogP) is 4.19. The number of nitrogens with one attached hydrogen (secondary N) is 2. The molecule has 160 valence electrons. The van der Waals surface area contributed by atoms with Crippen molar-refractivity contribution in [3.8, 4) is 11.3 Å². The summed E-state index contributed by atoms with van der Waals surface area (Å²) in [7, 11) is 0. The third kappa shape index (κ3) is 4.21. The van der Waals surface area contributed by atoms with Gasteiger partial charge in [0.05, 0.1) is 0 Å². The summed E-state index contributed by atoms with van der Waals surface area (Å²) in [6.07, 6.45) is 2.86. The summed E-state index contributed by atoms with van der Waals surface area (Å²) >= 11 is 0. The highest BCUT2D eigenvalue weighted by Crippen LogP contribution is 2.27. The van der Waals surface area contributed by atoms with Crippen LogP contribution < -0.4 is 5.32 Å². The molecule has 2 saturated heterocycles. The lowest BCUT2D eigenvalue weighted by Gasteiger charge is -2.32. The number of likely N-dealkylation sites (tertiary alicyclic amines) is 1. The molecule has 0 radical (unpaired) electrons. The Morgan fingerprint density at radius 3 is 2.61 bits per heavy atom. The number of hydrogen-bond acceptors (Lipinski definition) is 3. The molecule has 6 nitrogen and oxygen atoms in total. The Balaban J connectivity index is 1.21. The summed E-state index contributed by atoms with van der Waals surface area (Å²) in [4.78, 5) is 30.6. The fraction of sp³-hybridized carbons (Fsp3) is 0.360. The van der Waals surface area contributed by atoms with Crippen LogP contribution in [0, 0.1) is 5.92 Å². The molecule has 5 rings (SSSR count). The first kappa shape index (κ1) is 19.8. The van der Waals surface area contributed by atoms with E-state index < -0.39 is 0 Å². The number of anilines is 1. The second-order valence-electron chi connectivity index (χ2n) is 8.44. The Morgan fingerprint density at radius 2 is 1.84 bits per heavy atom. The average molecular weight is 418 g/mol. The van der Waals surface area contributed by atoms with Gasteiger partial charge in [-0.15, -0.1) is 0 Å². The van der Waals surface area contributed by atoms with Gasteiger partial charge in [0.1, 0.15) is 6.10 Å². The van der Waals surface area contributed by atoms with E-state index in [9.17, 15) is 9.59 Å². The Hall–Kier alpha value is -3.12. The van der Waals surface area contributed by atoms with E-state index in [1.807, 2.05) is 41.3 Å². The lowest BCUT2D eigenvalue weighted by molar-refractivity contribution is -0.143. The van der Waals surface area contributed by atoms with E-state index in [1.165, 1.54) is 0 Å². The number of fused-ring (bicyclic) bond motifs is 1. The van der Waals surface area contributed by atoms with Gasteiger partial charge in [-0.1, -0.05) is 30.3 Å². The number of benzene rings is 2. The third-order valence-corrected chi connectivity index (χ3v) is 6.35. The van der Waals surface area contributed by atoms with Crippen LogP contribution in [0.15, 0.2) is 54.6 Å². The van der Waals surface area contributed by atoms with Gasteiger partial charge in [-0.25, -0.2) is 0 Å². The minimum absolute atomic E-state index is 0.0259. The summed E-state index contributed by atoms with van der Waals surface area (Å²) in [5.41, 5.74) is 3.94. The Bertz CT molecular complexity index is 1060. The van der Waals surface area contributed by atoms with Crippen LogP contribution in [0.5, 0.6) is 0 Å². The quantitative estimate of drug-likeness (QED) is 0.668. The van der Waals surface area contributed by atoms with Crippen LogP contribution in [0.3, 0.4) is 0 Å². The lowest BCUT2D eigenvalue weighted by atomic mass is 9.95. The van der Waals surface area contributed by atoms with Gasteiger partial charge in [0.2, 0.25) is 5.91 Å². The minimum atomic E-state index is -0.280. The molecule has 3 aromatic rings. The zero-order chi connectivity index (χ0) is 21.2. The molecule has 2 aliphatic rings. The lowest BCUT2D eigenvalue weighted by Crippen LogP contribution is -2.45. The van der Waals surface area contributed by atoms with E-state index in [-0.39, 0.29) is 23.8 Å². The van der Waals surface area contributed by atoms with Crippen LogP contribution in [0.1, 0.15) is 25.7 Å². The van der Waals surface area contributed by atoms with Crippen LogP contribution in [-0.4, -0.2) is 47.5 Å². The number of ether oxygens (including phenoxy) is 1. The van der Waals surface area contributed by atoms with Crippen molar-refractivity contribution in [3.05, 3.63) is 54.6 Å². The number of aromatic nitrogens is 1. The summed E-state index contributed by atoms with van der Waals surface area (Å²) in [6, 6.07) is 18.2. The van der Waals surface area contributed by atoms with E-state index in [0.717, 1.165) is 40.7 Å². The summed E-state index contributed by atoms with van der Waals surface area (Å²) in [6.45, 7) is 1.91. The number of rotatable bonds is 4. The second kappa shape index (κ2) is 8.55. The Kier molecular flexibility index (Phi) is 5.47. The molecule has 1 atom stereocenters. The molecule has 2 aromatic carbocycles. The van der Waals surface area contributed by atoms with Crippen molar-refractivity contribution in [1.29, 1.82) is 0 Å². The maximum absolute atomic E-state index is 12.8. The van der Waals surface area contributed by atoms with Crippen molar-refractivity contribution in [1.82, 2.24) is 9.88 Å². The molecule has 0 saturated carbocycles. The van der Waals surface area contributed by atoms with Crippen molar-refractivity contribution in [2.75, 3.05) is 25.0 Å². The van der Waals surface area contributed by atoms with Crippen molar-refractivity contribution in [2.24, 2.45) is 5.92 Å². The molecule has 0 aliphatic carbocycles. The maximum Gasteiger partial charge on any atom is 0.251 e. The summed E-state index contributed by atoms with van der Waals surface area (Å²) in [5.74, 6) is 0.0330. The molecule has 2 amide bonds. The fourth-order valence-electron chi connectivity index (χ4n) is 4.58. The van der Waals surface area contributed by atoms with E-state index in [0.29, 0.717) is 32.5 Å². The molecule has 6 heteroatoms. The minimum Gasteiger partial charge on any atom is -0.368 e. The smallest absolute Gasteiger partial charge is 0.251 e. The molecule has 31 heavy (non-hydrogen) atoms. The number of H-pyrrole nitrogens is 1. The fourth-order valence-corrected chi connectivity index (χ4v) is 4.58. The number of aromatic amines is 1. The van der Waals surface area contributed by atoms with Crippen molar-refractivity contribution >= 4 is 28.4 Å². The summed E-state index contributed by atoms with van der Waals surface area (Å²) < 4.78 is 5.52. The van der Waals surface area contributed by atoms with E-state index in [4.69, 9.17) is 4.74 Å². The summed E-state index contributed by atoms with van der Waals surface area (Å²) in [5, 5.41) is 4.24. The van der Waals surface area contributed by atoms with Crippen molar-refractivity contribution < 1.29 is 14.3 Å². The number of hydrogen-bond donors (Lipinski definition) is 2. The van der Waals surface area contributed by atoms with Gasteiger partial charge in [0.25, 0.3) is 5.91 Å². The van der Waals surface area contributed by atoms with Gasteiger partial charge in [-0.3, -0.25) is 9.59 Å². The normalized spacial score (nSPS) is 19.6. The standard InChI is InChI=1S/C25H27N3O3/c29-24(17-10-12-28(13-11-17)25(30)23-9-4-14-31-23)26-20-7-3-6-18(15-20)22-16-19-5-1-2-8-21(19)27-22/h1-3,5-8,15-17,23,27H,4,9-14H2,(H,26,29)/t23-/m1/s1. The first-order valence-electron chi connectivity index (χ1n) is 11.1. The highest BCUT2D eigenvalue weighted by molar-refractivity contribution is 5.94. The Morgan fingerprint density at radius 1 is 1.00 bits per heavy atom. The number of para-hydroxylation sites is 1. The number of nitrogens with zero attached hydrogens (tertiary/aromatic N) is 1. The number of carbonyl (C=O) groups excluding carboxylic acids is 2. The van der Waals surface area contributed by atoms with Crippen LogP contribution in [-0.2, 0) is 14.3 Å². The maximum atomic E-state index is 12.8. The van der Waals surface area contributed by atoms with Gasteiger partial charge in [-0.2, -0.15) is 0 Å². The van der Waals surface area contributed by atoms with Gasteiger partial charge >= 0.3 is 0 Å². The third-order valence-electron chi connectivity index (χ3n) is 6.35. The zero-order valence-electron chi connectivity index (χ0n) is 17.5. The number of amides is 2. The van der Waals surface area contributed by atoms with E-state index in [1.54, 1.807) is 0 Å². The van der Waals surface area contributed by atoms with Gasteiger partial charge < -0.3 is 19.9 Å². The highest BCUT2D eigenvalue weighted by Gasteiger charge is 2.32. The van der Waals surface area contributed by atoms with E-state index >= 15 is 0 Å². The molecular formula is C25H27N3O3. The molecule has 0 bridgehead atoms. The largest absolute Gasteiger partial charge is 0.368 e. The van der Waals surface area contributed by atoms with Crippen molar-refractivity contribution in [2.45, 2.75) is 31.8 Å². The number of carbonyl (C=O) groups is 2. The van der Waals surface area contributed by atoms with Crippen LogP contribution >= 0.6 is 0 Å². The van der Waals surface area contributed by atoms with Crippen molar-refractivity contribution in [3.63, 3.8) is 0 Å². The van der Waals surface area contributed by atoms with Gasteiger partial charge in [-0.05, 0) is 49.9 Å². The van der Waals surface area contributed by atoms with Gasteiger partial charge in [0.15, 0.2) is 0 Å². The topological polar surface area (TPSA) is 74.4 Å². The highest BCUT2D eigenvalue weighted by atomic mass is 16.5. The first-order chi connectivity index (χ1) is 15.2. The molecular weight excluding hydrogens is 390 g/mol. The molecule has 2 N–H and O–H groups in total. The van der Waals surface area contributed by atoms with Crippen LogP contribution in [0.2, 0.25) is 0 Å². The first-order valence-corrected chi connectivity index (χ1v) is 11.1. The monoisotopic (exact) mass is 417 g/mol. The van der Waals surface area contributed by atoms with Crippen LogP contribution in [0.4, 0.5) is 5.69 Å². The second-order valence-corrected chi connectivity index (χ2v) is 8.44. The number of piperidine rings is 1. The Labute approximate surface area is 181 Å². The molecule has 1 aromatic heterocycles. The average Bonchev–Trinajstić information content (AvgIpc) is 3.49. The molecule has 3 heterocycles. The predicted molar refractivity (Wildman–Crippen MR) is 121 cm³/mol. The molecule has 0 spiro atoms. The molecule has 0 unspecified atom stereocenters. The zero-order valence-corrected chi connectivity index (χ0v) is 17.5.